The van der Waals surface area contributed by atoms with Gasteiger partial charge in [-0.15, -0.1) is 0 Å². The zero-order valence-corrected chi connectivity index (χ0v) is 11.8. The molecule has 0 N–H and O–H groups in total. The van der Waals surface area contributed by atoms with Crippen molar-refractivity contribution in [3.8, 4) is 22.4 Å². The van der Waals surface area contributed by atoms with Crippen molar-refractivity contribution < 1.29 is 0 Å². The van der Waals surface area contributed by atoms with Gasteiger partial charge < -0.3 is 0 Å². The number of aromatic nitrogens is 1. The van der Waals surface area contributed by atoms with Gasteiger partial charge in [0.15, 0.2) is 0 Å². The number of benzene rings is 2. The lowest BCUT2D eigenvalue weighted by Gasteiger charge is -2.06. The lowest BCUT2D eigenvalue weighted by molar-refractivity contribution is 1.29. The second-order valence-corrected chi connectivity index (χ2v) is 5.10. The van der Waals surface area contributed by atoms with E-state index in [1.807, 2.05) is 24.4 Å². The summed E-state index contributed by atoms with van der Waals surface area (Å²) in [5.74, 6) is 0. The average molecular weight is 259 g/mol. The molecule has 1 heterocycles. The Labute approximate surface area is 119 Å². The minimum Gasteiger partial charge on any atom is -0.256 e. The highest BCUT2D eigenvalue weighted by atomic mass is 14.7. The van der Waals surface area contributed by atoms with E-state index in [-0.39, 0.29) is 0 Å². The van der Waals surface area contributed by atoms with Crippen LogP contribution in [0.5, 0.6) is 0 Å². The first-order valence-corrected chi connectivity index (χ1v) is 6.83. The van der Waals surface area contributed by atoms with Crippen LogP contribution in [0.3, 0.4) is 0 Å². The van der Waals surface area contributed by atoms with Crippen LogP contribution in [0, 0.1) is 13.8 Å². The average Bonchev–Trinajstić information content (AvgIpc) is 2.51. The molecule has 3 rings (SSSR count). The number of hydrogen-bond acceptors (Lipinski definition) is 1. The van der Waals surface area contributed by atoms with Crippen LogP contribution in [0.4, 0.5) is 0 Å². The highest BCUT2D eigenvalue weighted by molar-refractivity contribution is 5.67. The first-order valence-electron chi connectivity index (χ1n) is 6.83. The number of nitrogens with zero attached hydrogens (tertiary/aromatic N) is 1. The number of rotatable bonds is 2. The van der Waals surface area contributed by atoms with Crippen molar-refractivity contribution in [1.82, 2.24) is 4.98 Å². The molecule has 20 heavy (non-hydrogen) atoms. The molecule has 3 aromatic rings. The van der Waals surface area contributed by atoms with Gasteiger partial charge in [-0.25, -0.2) is 0 Å². The molecule has 1 nitrogen and oxygen atoms in total. The van der Waals surface area contributed by atoms with Crippen LogP contribution >= 0.6 is 0 Å². The van der Waals surface area contributed by atoms with E-state index >= 15 is 0 Å². The molecule has 0 aliphatic rings. The van der Waals surface area contributed by atoms with Crippen molar-refractivity contribution in [3.05, 3.63) is 78.0 Å². The molecule has 2 aromatic carbocycles. The molecule has 0 spiro atoms. The maximum absolute atomic E-state index is 4.60. The zero-order chi connectivity index (χ0) is 13.9. The number of pyridine rings is 1. The Morgan fingerprint density at radius 2 is 1.40 bits per heavy atom. The van der Waals surface area contributed by atoms with E-state index in [4.69, 9.17) is 0 Å². The molecule has 0 fully saturated rings. The van der Waals surface area contributed by atoms with Crippen LogP contribution in [-0.2, 0) is 0 Å². The lowest BCUT2D eigenvalue weighted by Crippen LogP contribution is -1.87. The molecule has 0 atom stereocenters. The van der Waals surface area contributed by atoms with E-state index in [0.717, 1.165) is 11.3 Å². The molecule has 0 aliphatic heterocycles. The molecule has 0 saturated heterocycles. The summed E-state index contributed by atoms with van der Waals surface area (Å²) in [5, 5.41) is 0. The second-order valence-electron chi connectivity index (χ2n) is 5.10. The molecule has 0 unspecified atom stereocenters. The monoisotopic (exact) mass is 259 g/mol. The van der Waals surface area contributed by atoms with E-state index in [0.29, 0.717) is 0 Å². The van der Waals surface area contributed by atoms with Gasteiger partial charge in [0, 0.05) is 17.3 Å². The Balaban J connectivity index is 1.95. The molecule has 0 aliphatic carbocycles. The second kappa shape index (κ2) is 5.30. The van der Waals surface area contributed by atoms with Gasteiger partial charge in [-0.3, -0.25) is 4.98 Å². The summed E-state index contributed by atoms with van der Waals surface area (Å²) < 4.78 is 0. The normalized spacial score (nSPS) is 10.5. The Hall–Kier alpha value is -2.41. The fourth-order valence-corrected chi connectivity index (χ4v) is 2.27. The summed E-state index contributed by atoms with van der Waals surface area (Å²) >= 11 is 0. The van der Waals surface area contributed by atoms with Crippen molar-refractivity contribution in [1.29, 1.82) is 0 Å². The highest BCUT2D eigenvalue weighted by Crippen LogP contribution is 2.23. The predicted octanol–water partition coefficient (Wildman–Crippen LogP) is 5.03. The van der Waals surface area contributed by atoms with Crippen molar-refractivity contribution >= 4 is 0 Å². The third-order valence-corrected chi connectivity index (χ3v) is 3.67. The van der Waals surface area contributed by atoms with Crippen LogP contribution < -0.4 is 0 Å². The Bertz CT molecular complexity index is 713. The third-order valence-electron chi connectivity index (χ3n) is 3.67. The van der Waals surface area contributed by atoms with Crippen LogP contribution in [0.25, 0.3) is 22.4 Å². The minimum atomic E-state index is 1.02. The summed E-state index contributed by atoms with van der Waals surface area (Å²) in [6, 6.07) is 21.0. The van der Waals surface area contributed by atoms with Gasteiger partial charge in [0.25, 0.3) is 0 Å². The highest BCUT2D eigenvalue weighted by Gasteiger charge is 2.02. The Morgan fingerprint density at radius 1 is 0.650 bits per heavy atom. The van der Waals surface area contributed by atoms with Gasteiger partial charge in [0.1, 0.15) is 0 Å². The first-order chi connectivity index (χ1) is 9.74. The van der Waals surface area contributed by atoms with Crippen molar-refractivity contribution in [2.75, 3.05) is 0 Å². The van der Waals surface area contributed by atoms with Crippen LogP contribution in [-0.4, -0.2) is 4.98 Å². The fourth-order valence-electron chi connectivity index (χ4n) is 2.27. The fraction of sp³-hybridized carbons (Fsp3) is 0.105. The summed E-state index contributed by atoms with van der Waals surface area (Å²) in [7, 11) is 0. The van der Waals surface area contributed by atoms with E-state index < -0.39 is 0 Å². The topological polar surface area (TPSA) is 12.9 Å². The molecular weight excluding hydrogens is 242 g/mol. The molecule has 0 saturated carbocycles. The van der Waals surface area contributed by atoms with Crippen LogP contribution in [0.15, 0.2) is 66.9 Å². The molecule has 98 valence electrons. The molecule has 1 aromatic heterocycles. The molecule has 0 bridgehead atoms. The van der Waals surface area contributed by atoms with Crippen molar-refractivity contribution in [2.24, 2.45) is 0 Å². The molecular formula is C19H17N. The van der Waals surface area contributed by atoms with Gasteiger partial charge in [-0.1, -0.05) is 48.5 Å². The van der Waals surface area contributed by atoms with Crippen molar-refractivity contribution in [2.45, 2.75) is 13.8 Å². The third kappa shape index (κ3) is 2.48. The van der Waals surface area contributed by atoms with Gasteiger partial charge in [0.05, 0.1) is 5.69 Å². The zero-order valence-electron chi connectivity index (χ0n) is 11.8. The Kier molecular flexibility index (Phi) is 3.34. The Morgan fingerprint density at radius 3 is 2.05 bits per heavy atom. The van der Waals surface area contributed by atoms with Crippen LogP contribution in [0.2, 0.25) is 0 Å². The summed E-state index contributed by atoms with van der Waals surface area (Å²) in [4.78, 5) is 4.60. The number of aryl methyl sites for hydroxylation is 2. The van der Waals surface area contributed by atoms with E-state index in [1.165, 1.54) is 22.3 Å². The largest absolute Gasteiger partial charge is 0.256 e. The van der Waals surface area contributed by atoms with Gasteiger partial charge in [0.2, 0.25) is 0 Å². The lowest BCUT2D eigenvalue weighted by atomic mass is 10.0. The maximum Gasteiger partial charge on any atom is 0.0702 e. The van der Waals surface area contributed by atoms with Gasteiger partial charge in [-0.05, 0) is 42.7 Å². The first kappa shape index (κ1) is 12.6. The maximum atomic E-state index is 4.60. The van der Waals surface area contributed by atoms with E-state index in [9.17, 15) is 0 Å². The quantitative estimate of drug-likeness (QED) is 0.628. The summed E-state index contributed by atoms with van der Waals surface area (Å²) in [5.41, 5.74) is 7.16. The smallest absolute Gasteiger partial charge is 0.0702 e. The van der Waals surface area contributed by atoms with Gasteiger partial charge >= 0.3 is 0 Å². The minimum absolute atomic E-state index is 1.02. The molecule has 0 amide bonds. The standard InChI is InChI=1S/C19H17N/c1-14-8-9-17(12-15(14)2)19-11-10-18(13-20-19)16-6-4-3-5-7-16/h3-13H,1-2H3. The summed E-state index contributed by atoms with van der Waals surface area (Å²) in [6.07, 6.45) is 1.94. The van der Waals surface area contributed by atoms with E-state index in [1.54, 1.807) is 0 Å². The molecule has 1 heteroatoms. The van der Waals surface area contributed by atoms with Gasteiger partial charge in [-0.2, -0.15) is 0 Å². The number of hydrogen-bond donors (Lipinski definition) is 0. The summed E-state index contributed by atoms with van der Waals surface area (Å²) in [6.45, 7) is 4.27. The van der Waals surface area contributed by atoms with Crippen LogP contribution in [0.1, 0.15) is 11.1 Å². The predicted molar refractivity (Wildman–Crippen MR) is 84.6 cm³/mol. The SMILES string of the molecule is Cc1ccc(-c2ccc(-c3ccccc3)cn2)cc1C. The van der Waals surface area contributed by atoms with Crippen molar-refractivity contribution in [3.63, 3.8) is 0 Å². The molecule has 0 radical (unpaired) electrons. The van der Waals surface area contributed by atoms with E-state index in [2.05, 4.69) is 61.3 Å².